The van der Waals surface area contributed by atoms with Gasteiger partial charge < -0.3 is 9.84 Å². The molecule has 4 heteroatoms. The molecule has 0 fully saturated rings. The number of allylic oxidation sites excluding steroid dienone is 2. The summed E-state index contributed by atoms with van der Waals surface area (Å²) in [5.41, 5.74) is 0. The number of halogens is 1. The summed E-state index contributed by atoms with van der Waals surface area (Å²) in [6.45, 7) is 2.19. The number of alkyl halides is 1. The smallest absolute Gasteiger partial charge is 0.305 e. The van der Waals surface area contributed by atoms with Crippen LogP contribution in [0.2, 0.25) is 0 Å². The van der Waals surface area contributed by atoms with E-state index >= 15 is 0 Å². The van der Waals surface area contributed by atoms with Gasteiger partial charge >= 0.3 is 5.97 Å². The molecule has 0 saturated carbocycles. The van der Waals surface area contributed by atoms with Crippen molar-refractivity contribution in [3.05, 3.63) is 12.2 Å². The number of rotatable bonds is 18. The highest BCUT2D eigenvalue weighted by molar-refractivity contribution is 6.20. The van der Waals surface area contributed by atoms with Crippen molar-refractivity contribution in [3.8, 4) is 0 Å². The number of carbonyl (C=O) groups excluding carboxylic acids is 1. The molecule has 3 nitrogen and oxygen atoms in total. The van der Waals surface area contributed by atoms with Crippen molar-refractivity contribution in [2.75, 3.05) is 13.2 Å². The van der Waals surface area contributed by atoms with Crippen LogP contribution in [0.4, 0.5) is 0 Å². The standard InChI is InChI=1S/C21H39ClO3/c1-2-3-4-5-6-7-8-9-10-11-12-13-14-15-16-17-21(24)25-19-20(22)18-23/h9-10,20,23H,2-8,11-19H2,1H3/b10-9-/t20-/m1/s1. The topological polar surface area (TPSA) is 46.5 Å². The predicted octanol–water partition coefficient (Wildman–Crippen LogP) is 6.17. The third-order valence-electron chi connectivity index (χ3n) is 4.27. The van der Waals surface area contributed by atoms with E-state index in [1.54, 1.807) is 0 Å². The average Bonchev–Trinajstić information content (AvgIpc) is 2.62. The zero-order valence-electron chi connectivity index (χ0n) is 16.2. The Hall–Kier alpha value is -0.540. The summed E-state index contributed by atoms with van der Waals surface area (Å²) in [5, 5.41) is 8.25. The third kappa shape index (κ3) is 19.6. The lowest BCUT2D eigenvalue weighted by Crippen LogP contribution is -2.16. The van der Waals surface area contributed by atoms with E-state index in [-0.39, 0.29) is 19.2 Å². The maximum absolute atomic E-state index is 11.4. The summed E-state index contributed by atoms with van der Waals surface area (Å²) in [4.78, 5) is 11.4. The van der Waals surface area contributed by atoms with Crippen LogP contribution in [-0.4, -0.2) is 29.7 Å². The van der Waals surface area contributed by atoms with Crippen LogP contribution in [0, 0.1) is 0 Å². The number of esters is 1. The van der Waals surface area contributed by atoms with Crippen molar-refractivity contribution in [1.29, 1.82) is 0 Å². The molecule has 25 heavy (non-hydrogen) atoms. The van der Waals surface area contributed by atoms with Crippen LogP contribution in [0.25, 0.3) is 0 Å². The molecule has 0 saturated heterocycles. The van der Waals surface area contributed by atoms with Gasteiger partial charge in [-0.3, -0.25) is 4.79 Å². The third-order valence-corrected chi connectivity index (χ3v) is 4.53. The Morgan fingerprint density at radius 2 is 1.44 bits per heavy atom. The number of aliphatic hydroxyl groups excluding tert-OH is 1. The highest BCUT2D eigenvalue weighted by Crippen LogP contribution is 2.10. The summed E-state index contributed by atoms with van der Waals surface area (Å²) >= 11 is 5.67. The SMILES string of the molecule is CCCCCCCC/C=C\CCCCCCCC(=O)OC[C@H](Cl)CO. The van der Waals surface area contributed by atoms with Gasteiger partial charge in [0.25, 0.3) is 0 Å². The molecule has 0 unspecified atom stereocenters. The molecule has 0 aromatic rings. The molecule has 0 heterocycles. The summed E-state index contributed by atoms with van der Waals surface area (Å²) in [5.74, 6) is -0.211. The minimum atomic E-state index is -0.488. The number of unbranched alkanes of at least 4 members (excludes halogenated alkanes) is 11. The van der Waals surface area contributed by atoms with E-state index in [0.717, 1.165) is 12.8 Å². The zero-order chi connectivity index (χ0) is 18.6. The van der Waals surface area contributed by atoms with E-state index in [1.807, 2.05) is 0 Å². The maximum atomic E-state index is 11.4. The van der Waals surface area contributed by atoms with Crippen LogP contribution in [0.3, 0.4) is 0 Å². The Balaban J connectivity index is 3.22. The van der Waals surface area contributed by atoms with Crippen molar-refractivity contribution in [3.63, 3.8) is 0 Å². The quantitative estimate of drug-likeness (QED) is 0.135. The molecule has 148 valence electrons. The largest absolute Gasteiger partial charge is 0.464 e. The molecule has 0 bridgehead atoms. The molecule has 1 N–H and O–H groups in total. The Bertz CT molecular complexity index is 318. The van der Waals surface area contributed by atoms with Gasteiger partial charge in [0.1, 0.15) is 6.61 Å². The van der Waals surface area contributed by atoms with Gasteiger partial charge in [0.05, 0.1) is 12.0 Å². The Morgan fingerprint density at radius 1 is 0.920 bits per heavy atom. The van der Waals surface area contributed by atoms with E-state index in [1.165, 1.54) is 70.6 Å². The summed E-state index contributed by atoms with van der Waals surface area (Å²) in [6.07, 6.45) is 21.3. The normalized spacial score (nSPS) is 12.6. The van der Waals surface area contributed by atoms with Crippen molar-refractivity contribution >= 4 is 17.6 Å². The van der Waals surface area contributed by atoms with E-state index in [4.69, 9.17) is 21.4 Å². The van der Waals surface area contributed by atoms with E-state index in [0.29, 0.717) is 6.42 Å². The van der Waals surface area contributed by atoms with Gasteiger partial charge in [0.2, 0.25) is 0 Å². The second-order valence-electron chi connectivity index (χ2n) is 6.80. The first-order valence-electron chi connectivity index (χ1n) is 10.3. The van der Waals surface area contributed by atoms with Gasteiger partial charge in [-0.2, -0.15) is 0 Å². The molecule has 0 aliphatic rings. The molecule has 0 rings (SSSR count). The number of ether oxygens (including phenoxy) is 1. The molecular weight excluding hydrogens is 336 g/mol. The summed E-state index contributed by atoms with van der Waals surface area (Å²) in [6, 6.07) is 0. The van der Waals surface area contributed by atoms with E-state index in [2.05, 4.69) is 19.1 Å². The Labute approximate surface area is 160 Å². The number of hydrogen-bond acceptors (Lipinski definition) is 3. The first-order chi connectivity index (χ1) is 12.2. The maximum Gasteiger partial charge on any atom is 0.305 e. The van der Waals surface area contributed by atoms with Gasteiger partial charge in [0, 0.05) is 6.42 Å². The lowest BCUT2D eigenvalue weighted by Gasteiger charge is -2.07. The predicted molar refractivity (Wildman–Crippen MR) is 107 cm³/mol. The van der Waals surface area contributed by atoms with Crippen LogP contribution in [0.1, 0.15) is 96.8 Å². The number of hydrogen-bond donors (Lipinski definition) is 1. The number of carbonyl (C=O) groups is 1. The van der Waals surface area contributed by atoms with Gasteiger partial charge in [-0.25, -0.2) is 0 Å². The van der Waals surface area contributed by atoms with Crippen molar-refractivity contribution in [2.45, 2.75) is 102 Å². The fourth-order valence-corrected chi connectivity index (χ4v) is 2.71. The van der Waals surface area contributed by atoms with Crippen LogP contribution in [0.15, 0.2) is 12.2 Å². The molecule has 0 aliphatic carbocycles. The zero-order valence-corrected chi connectivity index (χ0v) is 16.9. The minimum Gasteiger partial charge on any atom is -0.464 e. The van der Waals surface area contributed by atoms with Crippen LogP contribution in [0.5, 0.6) is 0 Å². The second kappa shape index (κ2) is 19.8. The van der Waals surface area contributed by atoms with Crippen LogP contribution >= 0.6 is 11.6 Å². The monoisotopic (exact) mass is 374 g/mol. The first-order valence-corrected chi connectivity index (χ1v) is 10.7. The average molecular weight is 375 g/mol. The van der Waals surface area contributed by atoms with Gasteiger partial charge in [-0.15, -0.1) is 11.6 Å². The number of aliphatic hydroxyl groups is 1. The van der Waals surface area contributed by atoms with E-state index in [9.17, 15) is 4.79 Å². The second-order valence-corrected chi connectivity index (χ2v) is 7.41. The van der Waals surface area contributed by atoms with Crippen molar-refractivity contribution in [2.24, 2.45) is 0 Å². The van der Waals surface area contributed by atoms with Crippen molar-refractivity contribution < 1.29 is 14.6 Å². The van der Waals surface area contributed by atoms with Crippen LogP contribution in [-0.2, 0) is 9.53 Å². The van der Waals surface area contributed by atoms with Gasteiger partial charge in [0.15, 0.2) is 0 Å². The molecule has 0 aliphatic heterocycles. The highest BCUT2D eigenvalue weighted by Gasteiger charge is 2.07. The van der Waals surface area contributed by atoms with E-state index < -0.39 is 5.38 Å². The molecular formula is C21H39ClO3. The minimum absolute atomic E-state index is 0.0992. The fraction of sp³-hybridized carbons (Fsp3) is 0.857. The molecule has 1 atom stereocenters. The Morgan fingerprint density at radius 3 is 2.00 bits per heavy atom. The summed E-state index contributed by atoms with van der Waals surface area (Å²) < 4.78 is 4.97. The fourth-order valence-electron chi connectivity index (χ4n) is 2.65. The highest BCUT2D eigenvalue weighted by atomic mass is 35.5. The molecule has 0 radical (unpaired) electrons. The lowest BCUT2D eigenvalue weighted by molar-refractivity contribution is -0.143. The van der Waals surface area contributed by atoms with Crippen LogP contribution < -0.4 is 0 Å². The molecule has 0 amide bonds. The molecule has 0 aromatic carbocycles. The summed E-state index contributed by atoms with van der Waals surface area (Å²) in [7, 11) is 0. The molecule has 0 aromatic heterocycles. The van der Waals surface area contributed by atoms with Crippen molar-refractivity contribution in [1.82, 2.24) is 0 Å². The Kier molecular flexibility index (Phi) is 19.4. The molecule has 0 spiro atoms. The lowest BCUT2D eigenvalue weighted by atomic mass is 10.1. The van der Waals surface area contributed by atoms with Gasteiger partial charge in [-0.1, -0.05) is 70.4 Å². The first kappa shape index (κ1) is 24.5. The van der Waals surface area contributed by atoms with Gasteiger partial charge in [-0.05, 0) is 32.1 Å².